The summed E-state index contributed by atoms with van der Waals surface area (Å²) in [6, 6.07) is 7.98. The molecule has 1 aliphatic heterocycles. The van der Waals surface area contributed by atoms with Gasteiger partial charge in [0.1, 0.15) is 0 Å². The van der Waals surface area contributed by atoms with E-state index in [0.29, 0.717) is 6.10 Å². The first-order chi connectivity index (χ1) is 7.24. The largest absolute Gasteiger partial charge is 0.372 e. The average Bonchev–Trinajstić information content (AvgIpc) is 2.17. The number of hydrogen-bond acceptors (Lipinski definition) is 2. The minimum absolute atomic E-state index is 0.271. The molecular formula is C12H16ClNO. The van der Waals surface area contributed by atoms with Crippen LogP contribution in [0, 0.1) is 0 Å². The zero-order valence-corrected chi connectivity index (χ0v) is 9.63. The van der Waals surface area contributed by atoms with Gasteiger partial charge in [0.2, 0.25) is 0 Å². The summed E-state index contributed by atoms with van der Waals surface area (Å²) in [6.45, 7) is 3.97. The molecule has 0 aromatic heterocycles. The van der Waals surface area contributed by atoms with E-state index in [4.69, 9.17) is 16.3 Å². The van der Waals surface area contributed by atoms with Crippen molar-refractivity contribution in [2.45, 2.75) is 25.6 Å². The Labute approximate surface area is 95.6 Å². The Kier molecular flexibility index (Phi) is 3.62. The monoisotopic (exact) mass is 225 g/mol. The van der Waals surface area contributed by atoms with Gasteiger partial charge in [-0.25, -0.2) is 0 Å². The summed E-state index contributed by atoms with van der Waals surface area (Å²) in [5.74, 6) is 0. The molecule has 0 radical (unpaired) electrons. The van der Waals surface area contributed by atoms with Crippen molar-refractivity contribution in [3.05, 3.63) is 34.9 Å². The zero-order valence-electron chi connectivity index (χ0n) is 8.87. The van der Waals surface area contributed by atoms with Crippen LogP contribution < -0.4 is 5.32 Å². The molecule has 0 amide bonds. The molecule has 1 N–H and O–H groups in total. The minimum Gasteiger partial charge on any atom is -0.372 e. The predicted octanol–water partition coefficient (Wildman–Crippen LogP) is 2.26. The highest BCUT2D eigenvalue weighted by Gasteiger charge is 2.18. The molecule has 82 valence electrons. The maximum Gasteiger partial charge on any atom is 0.0743 e. The molecule has 1 fully saturated rings. The van der Waals surface area contributed by atoms with Crippen LogP contribution in [0.4, 0.5) is 0 Å². The Balaban J connectivity index is 1.96. The smallest absolute Gasteiger partial charge is 0.0743 e. The van der Waals surface area contributed by atoms with Gasteiger partial charge >= 0.3 is 0 Å². The first-order valence-electron chi connectivity index (χ1n) is 5.34. The molecule has 2 nitrogen and oxygen atoms in total. The van der Waals surface area contributed by atoms with Crippen LogP contribution >= 0.6 is 11.6 Å². The van der Waals surface area contributed by atoms with Gasteiger partial charge in [-0.2, -0.15) is 0 Å². The number of morpholine rings is 1. The second-order valence-electron chi connectivity index (χ2n) is 4.06. The van der Waals surface area contributed by atoms with Crippen molar-refractivity contribution in [1.82, 2.24) is 5.32 Å². The van der Waals surface area contributed by atoms with Crippen molar-refractivity contribution in [3.63, 3.8) is 0 Å². The SMILES string of the molecule is CC1CNCC(Cc2cccc(Cl)c2)O1. The summed E-state index contributed by atoms with van der Waals surface area (Å²) in [4.78, 5) is 0. The van der Waals surface area contributed by atoms with Crippen LogP contribution in [0.1, 0.15) is 12.5 Å². The van der Waals surface area contributed by atoms with Gasteiger partial charge in [0, 0.05) is 18.1 Å². The van der Waals surface area contributed by atoms with E-state index in [9.17, 15) is 0 Å². The van der Waals surface area contributed by atoms with E-state index in [1.807, 2.05) is 18.2 Å². The van der Waals surface area contributed by atoms with Crippen LogP contribution in [0.15, 0.2) is 24.3 Å². The van der Waals surface area contributed by atoms with Crippen molar-refractivity contribution < 1.29 is 4.74 Å². The molecule has 2 rings (SSSR count). The van der Waals surface area contributed by atoms with Crippen molar-refractivity contribution in [2.75, 3.05) is 13.1 Å². The van der Waals surface area contributed by atoms with Crippen molar-refractivity contribution in [2.24, 2.45) is 0 Å². The van der Waals surface area contributed by atoms with Crippen LogP contribution in [0.25, 0.3) is 0 Å². The lowest BCUT2D eigenvalue weighted by atomic mass is 10.1. The van der Waals surface area contributed by atoms with Crippen LogP contribution in [0.3, 0.4) is 0 Å². The first-order valence-corrected chi connectivity index (χ1v) is 5.72. The number of ether oxygens (including phenoxy) is 1. The number of nitrogens with one attached hydrogen (secondary N) is 1. The summed E-state index contributed by atoms with van der Waals surface area (Å²) in [5.41, 5.74) is 1.24. The summed E-state index contributed by atoms with van der Waals surface area (Å²) in [6.07, 6.45) is 1.51. The van der Waals surface area contributed by atoms with E-state index in [2.05, 4.69) is 18.3 Å². The fourth-order valence-electron chi connectivity index (χ4n) is 1.92. The second kappa shape index (κ2) is 4.97. The number of benzene rings is 1. The summed E-state index contributed by atoms with van der Waals surface area (Å²) >= 11 is 5.93. The Hall–Kier alpha value is -0.570. The third-order valence-corrected chi connectivity index (χ3v) is 2.82. The maximum absolute atomic E-state index is 5.93. The van der Waals surface area contributed by atoms with E-state index in [1.54, 1.807) is 0 Å². The normalized spacial score (nSPS) is 26.5. The molecule has 1 saturated heterocycles. The predicted molar refractivity (Wildman–Crippen MR) is 62.4 cm³/mol. The van der Waals surface area contributed by atoms with Crippen LogP contribution in [-0.2, 0) is 11.2 Å². The maximum atomic E-state index is 5.93. The molecule has 1 aliphatic rings. The third kappa shape index (κ3) is 3.20. The van der Waals surface area contributed by atoms with Crippen LogP contribution in [0.2, 0.25) is 5.02 Å². The van der Waals surface area contributed by atoms with Gasteiger partial charge in [-0.15, -0.1) is 0 Å². The van der Waals surface area contributed by atoms with Crippen molar-refractivity contribution >= 4 is 11.6 Å². The molecule has 0 aliphatic carbocycles. The van der Waals surface area contributed by atoms with E-state index in [0.717, 1.165) is 24.5 Å². The molecule has 1 aromatic carbocycles. The second-order valence-corrected chi connectivity index (χ2v) is 4.50. The highest BCUT2D eigenvalue weighted by atomic mass is 35.5. The van der Waals surface area contributed by atoms with Gasteiger partial charge in [0.05, 0.1) is 12.2 Å². The highest BCUT2D eigenvalue weighted by Crippen LogP contribution is 2.15. The van der Waals surface area contributed by atoms with Gasteiger partial charge in [-0.3, -0.25) is 0 Å². The van der Waals surface area contributed by atoms with Crippen molar-refractivity contribution in [1.29, 1.82) is 0 Å². The molecule has 2 atom stereocenters. The van der Waals surface area contributed by atoms with Crippen LogP contribution in [0.5, 0.6) is 0 Å². The standard InChI is InChI=1S/C12H16ClNO/c1-9-7-14-8-12(15-9)6-10-3-2-4-11(13)5-10/h2-5,9,12,14H,6-8H2,1H3. The Morgan fingerprint density at radius 3 is 3.07 bits per heavy atom. The molecule has 3 heteroatoms. The Morgan fingerprint density at radius 2 is 2.33 bits per heavy atom. The van der Waals surface area contributed by atoms with Gasteiger partial charge in [0.15, 0.2) is 0 Å². The minimum atomic E-state index is 0.271. The lowest BCUT2D eigenvalue weighted by Crippen LogP contribution is -2.44. The fraction of sp³-hybridized carbons (Fsp3) is 0.500. The van der Waals surface area contributed by atoms with E-state index in [-0.39, 0.29) is 6.10 Å². The Bertz CT molecular complexity index is 329. The van der Waals surface area contributed by atoms with Gasteiger partial charge in [0.25, 0.3) is 0 Å². The van der Waals surface area contributed by atoms with E-state index >= 15 is 0 Å². The van der Waals surface area contributed by atoms with Crippen LogP contribution in [-0.4, -0.2) is 25.3 Å². The molecule has 0 bridgehead atoms. The Morgan fingerprint density at radius 1 is 1.47 bits per heavy atom. The lowest BCUT2D eigenvalue weighted by Gasteiger charge is -2.28. The quantitative estimate of drug-likeness (QED) is 0.834. The van der Waals surface area contributed by atoms with Gasteiger partial charge < -0.3 is 10.1 Å². The molecule has 0 saturated carbocycles. The highest BCUT2D eigenvalue weighted by molar-refractivity contribution is 6.30. The molecule has 1 aromatic rings. The molecule has 0 spiro atoms. The topological polar surface area (TPSA) is 21.3 Å². The average molecular weight is 226 g/mol. The fourth-order valence-corrected chi connectivity index (χ4v) is 2.13. The van der Waals surface area contributed by atoms with Gasteiger partial charge in [-0.1, -0.05) is 23.7 Å². The zero-order chi connectivity index (χ0) is 10.7. The number of rotatable bonds is 2. The summed E-state index contributed by atoms with van der Waals surface area (Å²) in [5, 5.41) is 4.16. The summed E-state index contributed by atoms with van der Waals surface area (Å²) < 4.78 is 5.82. The number of halogens is 1. The third-order valence-electron chi connectivity index (χ3n) is 2.58. The summed E-state index contributed by atoms with van der Waals surface area (Å²) in [7, 11) is 0. The molecular weight excluding hydrogens is 210 g/mol. The molecule has 1 heterocycles. The van der Waals surface area contributed by atoms with Gasteiger partial charge in [-0.05, 0) is 31.0 Å². The lowest BCUT2D eigenvalue weighted by molar-refractivity contribution is -0.0262. The first kappa shape index (κ1) is 10.9. The molecule has 15 heavy (non-hydrogen) atoms. The number of hydrogen-bond donors (Lipinski definition) is 1. The van der Waals surface area contributed by atoms with E-state index < -0.39 is 0 Å². The molecule has 2 unspecified atom stereocenters. The van der Waals surface area contributed by atoms with E-state index in [1.165, 1.54) is 5.56 Å². The van der Waals surface area contributed by atoms with Crippen molar-refractivity contribution in [3.8, 4) is 0 Å².